The second kappa shape index (κ2) is 7.33. The molecular formula is C18H22N4O2S. The van der Waals surface area contributed by atoms with Crippen LogP contribution in [0.5, 0.6) is 0 Å². The van der Waals surface area contributed by atoms with Crippen molar-refractivity contribution in [1.82, 2.24) is 14.3 Å². The molecule has 7 heteroatoms. The van der Waals surface area contributed by atoms with Gasteiger partial charge in [0.2, 0.25) is 0 Å². The molecule has 6 nitrogen and oxygen atoms in total. The van der Waals surface area contributed by atoms with Crippen molar-refractivity contribution in [3.63, 3.8) is 0 Å². The number of nitrogens with zero attached hydrogens (tertiary/aromatic N) is 4. The Hall–Kier alpha value is -2.25. The van der Waals surface area contributed by atoms with Crippen LogP contribution in [0.1, 0.15) is 28.7 Å². The van der Waals surface area contributed by atoms with Gasteiger partial charge in [0, 0.05) is 25.9 Å². The Morgan fingerprint density at radius 2 is 2.12 bits per heavy atom. The Labute approximate surface area is 150 Å². The van der Waals surface area contributed by atoms with Crippen molar-refractivity contribution in [2.24, 2.45) is 12.0 Å². The number of amides is 1. The number of fused-ring (bicyclic) bond motifs is 1. The fourth-order valence-electron chi connectivity index (χ4n) is 2.59. The van der Waals surface area contributed by atoms with E-state index in [1.807, 2.05) is 25.5 Å². The van der Waals surface area contributed by atoms with E-state index in [4.69, 9.17) is 4.74 Å². The number of aromatic nitrogens is 3. The van der Waals surface area contributed by atoms with Gasteiger partial charge >= 0.3 is 0 Å². The Morgan fingerprint density at radius 3 is 2.80 bits per heavy atom. The van der Waals surface area contributed by atoms with E-state index in [0.29, 0.717) is 30.3 Å². The number of carbonyl (C=O) groups is 1. The number of benzene rings is 1. The summed E-state index contributed by atoms with van der Waals surface area (Å²) in [6, 6.07) is 8.01. The van der Waals surface area contributed by atoms with Crippen LogP contribution in [0.2, 0.25) is 0 Å². The molecule has 0 aliphatic heterocycles. The number of hydrogen-bond acceptors (Lipinski definition) is 4. The molecule has 0 fully saturated rings. The van der Waals surface area contributed by atoms with Gasteiger partial charge < -0.3 is 9.30 Å². The summed E-state index contributed by atoms with van der Waals surface area (Å²) in [5.74, 6) is -0.322. The van der Waals surface area contributed by atoms with E-state index in [0.717, 1.165) is 15.9 Å². The second-order valence-electron chi connectivity index (χ2n) is 5.92. The van der Waals surface area contributed by atoms with Crippen molar-refractivity contribution in [2.75, 3.05) is 13.2 Å². The molecule has 0 aliphatic carbocycles. The third kappa shape index (κ3) is 3.72. The summed E-state index contributed by atoms with van der Waals surface area (Å²) in [5, 5.41) is 4.22. The zero-order valence-electron chi connectivity index (χ0n) is 14.9. The molecule has 2 aromatic heterocycles. The Balaban J connectivity index is 2.06. The Kier molecular flexibility index (Phi) is 5.15. The molecule has 0 N–H and O–H groups in total. The first kappa shape index (κ1) is 17.6. The summed E-state index contributed by atoms with van der Waals surface area (Å²) < 4.78 is 10.3. The maximum Gasteiger partial charge on any atom is 0.300 e. The molecule has 0 saturated carbocycles. The number of aryl methyl sites for hydroxylation is 3. The average Bonchev–Trinajstić information content (AvgIpc) is 3.08. The van der Waals surface area contributed by atoms with Crippen LogP contribution in [0.15, 0.2) is 29.3 Å². The molecule has 0 bridgehead atoms. The minimum absolute atomic E-state index is 0.322. The van der Waals surface area contributed by atoms with Crippen LogP contribution >= 0.6 is 11.3 Å². The third-order valence-corrected chi connectivity index (χ3v) is 5.07. The summed E-state index contributed by atoms with van der Waals surface area (Å²) in [5.41, 5.74) is 3.54. The lowest BCUT2D eigenvalue weighted by Gasteiger charge is -2.05. The standard InChI is InChI=1S/C18H22N4O2S/c1-5-24-9-8-22-15-7-6-12(2)10-16(15)25-18(22)19-17(23)14-11-13(3)21(4)20-14/h6-7,10-11H,5,8-9H2,1-4H3. The van der Waals surface area contributed by atoms with E-state index in [1.165, 1.54) is 16.9 Å². The maximum absolute atomic E-state index is 12.5. The van der Waals surface area contributed by atoms with Crippen LogP contribution in [0.3, 0.4) is 0 Å². The first-order chi connectivity index (χ1) is 12.0. The summed E-state index contributed by atoms with van der Waals surface area (Å²) in [4.78, 5) is 17.5. The molecule has 0 aliphatic rings. The fraction of sp³-hybridized carbons (Fsp3) is 0.389. The maximum atomic E-state index is 12.5. The molecule has 3 aromatic rings. The zero-order valence-corrected chi connectivity index (χ0v) is 15.8. The monoisotopic (exact) mass is 358 g/mol. The predicted octanol–water partition coefficient (Wildman–Crippen LogP) is 2.83. The number of rotatable bonds is 5. The highest BCUT2D eigenvalue weighted by Crippen LogP contribution is 2.19. The van der Waals surface area contributed by atoms with Crippen LogP contribution < -0.4 is 4.80 Å². The quantitative estimate of drug-likeness (QED) is 0.659. The molecule has 0 unspecified atom stereocenters. The first-order valence-electron chi connectivity index (χ1n) is 8.27. The predicted molar refractivity (Wildman–Crippen MR) is 98.9 cm³/mol. The largest absolute Gasteiger partial charge is 0.380 e. The third-order valence-electron chi connectivity index (χ3n) is 4.03. The highest BCUT2D eigenvalue weighted by Gasteiger charge is 2.12. The van der Waals surface area contributed by atoms with Crippen molar-refractivity contribution in [3.8, 4) is 0 Å². The Morgan fingerprint density at radius 1 is 1.32 bits per heavy atom. The van der Waals surface area contributed by atoms with Crippen molar-refractivity contribution < 1.29 is 9.53 Å². The lowest BCUT2D eigenvalue weighted by atomic mass is 10.2. The number of thiazole rings is 1. The Bertz CT molecular complexity index is 961. The van der Waals surface area contributed by atoms with E-state index in [-0.39, 0.29) is 5.91 Å². The minimum Gasteiger partial charge on any atom is -0.380 e. The van der Waals surface area contributed by atoms with Crippen molar-refractivity contribution >= 4 is 27.5 Å². The van der Waals surface area contributed by atoms with Crippen LogP contribution in [0.25, 0.3) is 10.2 Å². The highest BCUT2D eigenvalue weighted by molar-refractivity contribution is 7.16. The van der Waals surface area contributed by atoms with Gasteiger partial charge in [-0.05, 0) is 44.5 Å². The van der Waals surface area contributed by atoms with Crippen molar-refractivity contribution in [3.05, 3.63) is 46.0 Å². The molecule has 3 rings (SSSR count). The second-order valence-corrected chi connectivity index (χ2v) is 6.92. The van der Waals surface area contributed by atoms with Crippen LogP contribution in [-0.4, -0.2) is 33.5 Å². The molecule has 0 radical (unpaired) electrons. The fourth-order valence-corrected chi connectivity index (χ4v) is 3.74. The number of hydrogen-bond donors (Lipinski definition) is 0. The molecule has 0 atom stereocenters. The van der Waals surface area contributed by atoms with Gasteiger partial charge in [0.25, 0.3) is 5.91 Å². The highest BCUT2D eigenvalue weighted by atomic mass is 32.1. The lowest BCUT2D eigenvalue weighted by Crippen LogP contribution is -2.20. The van der Waals surface area contributed by atoms with Crippen LogP contribution in [0.4, 0.5) is 0 Å². The van der Waals surface area contributed by atoms with Gasteiger partial charge in [-0.1, -0.05) is 17.4 Å². The number of carbonyl (C=O) groups excluding carboxylic acids is 1. The van der Waals surface area contributed by atoms with Gasteiger partial charge in [-0.3, -0.25) is 9.48 Å². The van der Waals surface area contributed by atoms with Gasteiger partial charge in [-0.2, -0.15) is 10.1 Å². The van der Waals surface area contributed by atoms with E-state index in [9.17, 15) is 4.79 Å². The van der Waals surface area contributed by atoms with E-state index in [1.54, 1.807) is 10.7 Å². The average molecular weight is 358 g/mol. The molecule has 0 saturated heterocycles. The summed E-state index contributed by atoms with van der Waals surface area (Å²) in [6.07, 6.45) is 0. The first-order valence-corrected chi connectivity index (χ1v) is 9.08. The van der Waals surface area contributed by atoms with Gasteiger partial charge in [-0.25, -0.2) is 0 Å². The summed E-state index contributed by atoms with van der Waals surface area (Å²) in [6.45, 7) is 7.85. The van der Waals surface area contributed by atoms with Gasteiger partial charge in [0.15, 0.2) is 10.5 Å². The normalized spacial score (nSPS) is 12.2. The molecule has 2 heterocycles. The van der Waals surface area contributed by atoms with E-state index in [2.05, 4.69) is 35.2 Å². The topological polar surface area (TPSA) is 61.4 Å². The zero-order chi connectivity index (χ0) is 18.0. The van der Waals surface area contributed by atoms with Crippen molar-refractivity contribution in [2.45, 2.75) is 27.3 Å². The SMILES string of the molecule is CCOCCn1c(=NC(=O)c2cc(C)n(C)n2)sc2cc(C)ccc21. The summed E-state index contributed by atoms with van der Waals surface area (Å²) >= 11 is 1.52. The molecule has 0 spiro atoms. The van der Waals surface area contributed by atoms with Crippen LogP contribution in [0, 0.1) is 13.8 Å². The molecule has 1 amide bonds. The minimum atomic E-state index is -0.322. The van der Waals surface area contributed by atoms with E-state index < -0.39 is 0 Å². The van der Waals surface area contributed by atoms with Crippen molar-refractivity contribution in [1.29, 1.82) is 0 Å². The molecule has 1 aromatic carbocycles. The lowest BCUT2D eigenvalue weighted by molar-refractivity contribution is 0.0991. The smallest absolute Gasteiger partial charge is 0.300 e. The molecule has 132 valence electrons. The molecule has 25 heavy (non-hydrogen) atoms. The summed E-state index contributed by atoms with van der Waals surface area (Å²) in [7, 11) is 1.82. The molecular weight excluding hydrogens is 336 g/mol. The van der Waals surface area contributed by atoms with E-state index >= 15 is 0 Å². The van der Waals surface area contributed by atoms with Crippen LogP contribution in [-0.2, 0) is 18.3 Å². The van der Waals surface area contributed by atoms with Gasteiger partial charge in [0.05, 0.1) is 16.8 Å². The number of ether oxygens (including phenoxy) is 1. The van der Waals surface area contributed by atoms with Gasteiger partial charge in [-0.15, -0.1) is 0 Å². The van der Waals surface area contributed by atoms with Gasteiger partial charge in [0.1, 0.15) is 0 Å².